The summed E-state index contributed by atoms with van der Waals surface area (Å²) in [5, 5.41) is 5.95. The molecule has 0 amide bonds. The minimum absolute atomic E-state index is 0.0317. The van der Waals surface area contributed by atoms with E-state index < -0.39 is 0 Å². The highest BCUT2D eigenvalue weighted by molar-refractivity contribution is 9.10. The normalized spacial score (nSPS) is 18.7. The van der Waals surface area contributed by atoms with E-state index >= 15 is 0 Å². The standard InChI is InChI=1S/C19H22Br2N4/c1-12(22)19(24-8-6-23-7-9-24)25-17-4-2-13(20)10-15(17)16-11-14(21)3-5-18(16)25/h2-5,10-12,19,23H,6-9,22H2,1H3. The summed E-state index contributed by atoms with van der Waals surface area (Å²) in [5.74, 6) is 0. The van der Waals surface area contributed by atoms with Crippen molar-refractivity contribution in [2.45, 2.75) is 19.1 Å². The van der Waals surface area contributed by atoms with Gasteiger partial charge in [0.25, 0.3) is 0 Å². The second-order valence-corrected chi connectivity index (χ2v) is 8.58. The molecule has 4 rings (SSSR count). The highest BCUT2D eigenvalue weighted by Crippen LogP contribution is 2.36. The van der Waals surface area contributed by atoms with Gasteiger partial charge in [0.2, 0.25) is 0 Å². The van der Waals surface area contributed by atoms with Crippen LogP contribution in [0.4, 0.5) is 0 Å². The predicted octanol–water partition coefficient (Wildman–Crippen LogP) is 4.07. The van der Waals surface area contributed by atoms with Crippen LogP contribution in [0.1, 0.15) is 13.1 Å². The zero-order valence-electron chi connectivity index (χ0n) is 14.2. The molecule has 1 aliphatic rings. The lowest BCUT2D eigenvalue weighted by atomic mass is 10.2. The summed E-state index contributed by atoms with van der Waals surface area (Å²) in [6.07, 6.45) is 0.143. The van der Waals surface area contributed by atoms with Crippen LogP contribution in [0.25, 0.3) is 21.8 Å². The molecular formula is C19H22Br2N4. The first kappa shape index (κ1) is 17.5. The summed E-state index contributed by atoms with van der Waals surface area (Å²) in [6, 6.07) is 13.1. The van der Waals surface area contributed by atoms with E-state index in [1.807, 2.05) is 0 Å². The van der Waals surface area contributed by atoms with Gasteiger partial charge in [-0.25, -0.2) is 0 Å². The Morgan fingerprint density at radius 2 is 1.48 bits per heavy atom. The molecule has 0 saturated carbocycles. The van der Waals surface area contributed by atoms with Crippen LogP contribution < -0.4 is 11.1 Å². The molecule has 3 N–H and O–H groups in total. The summed E-state index contributed by atoms with van der Waals surface area (Å²) >= 11 is 7.25. The maximum atomic E-state index is 6.50. The average Bonchev–Trinajstić information content (AvgIpc) is 2.89. The number of fused-ring (bicyclic) bond motifs is 3. The Labute approximate surface area is 164 Å². The van der Waals surface area contributed by atoms with Gasteiger partial charge in [-0.3, -0.25) is 4.90 Å². The number of hydrogen-bond donors (Lipinski definition) is 2. The van der Waals surface area contributed by atoms with E-state index in [-0.39, 0.29) is 12.2 Å². The van der Waals surface area contributed by atoms with Gasteiger partial charge in [-0.2, -0.15) is 0 Å². The largest absolute Gasteiger partial charge is 0.325 e. The number of nitrogens with two attached hydrogens (primary N) is 1. The first-order chi connectivity index (χ1) is 12.1. The van der Waals surface area contributed by atoms with Gasteiger partial charge < -0.3 is 15.6 Å². The van der Waals surface area contributed by atoms with Crippen LogP contribution in [0.5, 0.6) is 0 Å². The van der Waals surface area contributed by atoms with E-state index in [4.69, 9.17) is 5.73 Å². The number of halogens is 2. The Hall–Kier alpha value is -0.920. The van der Waals surface area contributed by atoms with Gasteiger partial charge >= 0.3 is 0 Å². The topological polar surface area (TPSA) is 46.2 Å². The van der Waals surface area contributed by atoms with Gasteiger partial charge in [0.15, 0.2) is 0 Å². The first-order valence-corrected chi connectivity index (χ1v) is 10.2. The van der Waals surface area contributed by atoms with Crippen LogP contribution in [0.15, 0.2) is 45.3 Å². The maximum Gasteiger partial charge on any atom is 0.102 e. The lowest BCUT2D eigenvalue weighted by molar-refractivity contribution is 0.110. The van der Waals surface area contributed by atoms with Gasteiger partial charge in [0.05, 0.1) is 11.0 Å². The third kappa shape index (κ3) is 3.15. The lowest BCUT2D eigenvalue weighted by Gasteiger charge is -2.38. The molecule has 0 bridgehead atoms. The fourth-order valence-electron chi connectivity index (χ4n) is 3.96. The molecule has 1 saturated heterocycles. The summed E-state index contributed by atoms with van der Waals surface area (Å²) in [6.45, 7) is 6.16. The summed E-state index contributed by atoms with van der Waals surface area (Å²) in [4.78, 5) is 2.50. The number of nitrogens with zero attached hydrogens (tertiary/aromatic N) is 2. The third-order valence-corrected chi connectivity index (χ3v) is 5.97. The van der Waals surface area contributed by atoms with Crippen molar-refractivity contribution in [2.24, 2.45) is 5.73 Å². The summed E-state index contributed by atoms with van der Waals surface area (Å²) < 4.78 is 4.62. The molecule has 1 aliphatic heterocycles. The van der Waals surface area contributed by atoms with E-state index in [9.17, 15) is 0 Å². The predicted molar refractivity (Wildman–Crippen MR) is 112 cm³/mol. The second-order valence-electron chi connectivity index (χ2n) is 6.75. The van der Waals surface area contributed by atoms with Crippen LogP contribution in [0, 0.1) is 0 Å². The van der Waals surface area contributed by atoms with Crippen molar-refractivity contribution in [3.05, 3.63) is 45.3 Å². The zero-order chi connectivity index (χ0) is 17.6. The molecule has 6 heteroatoms. The molecular weight excluding hydrogens is 444 g/mol. The molecule has 0 spiro atoms. The SMILES string of the molecule is CC(N)C(N1CCNCC1)n1c2ccc(Br)cc2c2cc(Br)ccc21. The minimum atomic E-state index is 0.0317. The highest BCUT2D eigenvalue weighted by Gasteiger charge is 2.28. The third-order valence-electron chi connectivity index (χ3n) is 4.99. The molecule has 25 heavy (non-hydrogen) atoms. The summed E-state index contributed by atoms with van der Waals surface area (Å²) in [5.41, 5.74) is 8.97. The molecule has 1 aromatic heterocycles. The Kier molecular flexibility index (Phi) is 4.90. The molecule has 1 fully saturated rings. The number of hydrogen-bond acceptors (Lipinski definition) is 3. The van der Waals surface area contributed by atoms with Gasteiger partial charge in [0, 0.05) is 51.9 Å². The van der Waals surface area contributed by atoms with Crippen molar-refractivity contribution in [3.63, 3.8) is 0 Å². The van der Waals surface area contributed by atoms with Crippen LogP contribution in [-0.2, 0) is 0 Å². The maximum absolute atomic E-state index is 6.50. The molecule has 4 nitrogen and oxygen atoms in total. The minimum Gasteiger partial charge on any atom is -0.325 e. The van der Waals surface area contributed by atoms with Crippen molar-refractivity contribution in [2.75, 3.05) is 26.2 Å². The number of benzene rings is 2. The van der Waals surface area contributed by atoms with Gasteiger partial charge in [-0.05, 0) is 43.3 Å². The highest BCUT2D eigenvalue weighted by atomic mass is 79.9. The lowest BCUT2D eigenvalue weighted by Crippen LogP contribution is -2.51. The van der Waals surface area contributed by atoms with Crippen LogP contribution in [0.3, 0.4) is 0 Å². The quantitative estimate of drug-likeness (QED) is 0.612. The molecule has 2 aromatic carbocycles. The second kappa shape index (κ2) is 7.00. The van der Waals surface area contributed by atoms with Gasteiger partial charge in [-0.15, -0.1) is 0 Å². The molecule has 2 heterocycles. The van der Waals surface area contributed by atoms with Gasteiger partial charge in [0.1, 0.15) is 6.17 Å². The number of piperazine rings is 1. The molecule has 0 aliphatic carbocycles. The van der Waals surface area contributed by atoms with E-state index in [2.05, 4.69) is 90.0 Å². The number of aromatic nitrogens is 1. The van der Waals surface area contributed by atoms with E-state index in [1.54, 1.807) is 0 Å². The van der Waals surface area contributed by atoms with Crippen molar-refractivity contribution < 1.29 is 0 Å². The smallest absolute Gasteiger partial charge is 0.102 e. The Morgan fingerprint density at radius 3 is 1.96 bits per heavy atom. The Balaban J connectivity index is 2.00. The van der Waals surface area contributed by atoms with Crippen molar-refractivity contribution in [1.82, 2.24) is 14.8 Å². The zero-order valence-corrected chi connectivity index (χ0v) is 17.3. The van der Waals surface area contributed by atoms with Crippen molar-refractivity contribution in [1.29, 1.82) is 0 Å². The van der Waals surface area contributed by atoms with E-state index in [0.29, 0.717) is 0 Å². The van der Waals surface area contributed by atoms with Crippen LogP contribution >= 0.6 is 31.9 Å². The van der Waals surface area contributed by atoms with E-state index in [1.165, 1.54) is 21.8 Å². The average molecular weight is 466 g/mol. The Bertz CT molecular complexity index is 853. The first-order valence-electron chi connectivity index (χ1n) is 8.65. The fraction of sp³-hybridized carbons (Fsp3) is 0.368. The molecule has 0 radical (unpaired) electrons. The monoisotopic (exact) mass is 464 g/mol. The van der Waals surface area contributed by atoms with Crippen molar-refractivity contribution >= 4 is 53.7 Å². The summed E-state index contributed by atoms with van der Waals surface area (Å²) in [7, 11) is 0. The number of nitrogens with one attached hydrogen (secondary N) is 1. The molecule has 3 aromatic rings. The number of rotatable bonds is 3. The van der Waals surface area contributed by atoms with Crippen molar-refractivity contribution in [3.8, 4) is 0 Å². The molecule has 2 unspecified atom stereocenters. The fourth-order valence-corrected chi connectivity index (χ4v) is 4.68. The van der Waals surface area contributed by atoms with Crippen LogP contribution in [-0.4, -0.2) is 41.7 Å². The molecule has 132 valence electrons. The molecule has 2 atom stereocenters. The Morgan fingerprint density at radius 1 is 0.960 bits per heavy atom. The van der Waals surface area contributed by atoms with Crippen LogP contribution in [0.2, 0.25) is 0 Å². The van der Waals surface area contributed by atoms with Gasteiger partial charge in [-0.1, -0.05) is 31.9 Å². The van der Waals surface area contributed by atoms with E-state index in [0.717, 1.165) is 35.1 Å².